The average molecular weight is 403 g/mol. The minimum atomic E-state index is -0.171. The van der Waals surface area contributed by atoms with Crippen LogP contribution in [-0.2, 0) is 10.2 Å². The standard InChI is InChI=1S/C23H35FN4O/c1-17(2)21(29)28-13-10-20(15-28)27-22(25-3)26-16-23(11-5-4-6-12-23)18-8-7-9-19(24)14-18/h7-9,14,17,20H,4-6,10-13,15-16H2,1-3H3,(H2,25,26,27). The van der Waals surface area contributed by atoms with Crippen molar-refractivity contribution < 1.29 is 9.18 Å². The molecular weight excluding hydrogens is 367 g/mol. The third-order valence-corrected chi connectivity index (χ3v) is 6.40. The van der Waals surface area contributed by atoms with Gasteiger partial charge >= 0.3 is 0 Å². The number of amides is 1. The van der Waals surface area contributed by atoms with Crippen LogP contribution in [0.5, 0.6) is 0 Å². The first kappa shape index (κ1) is 21.6. The Labute approximate surface area is 174 Å². The van der Waals surface area contributed by atoms with E-state index in [-0.39, 0.29) is 29.1 Å². The van der Waals surface area contributed by atoms with Crippen molar-refractivity contribution in [2.45, 2.75) is 63.8 Å². The number of benzene rings is 1. The van der Waals surface area contributed by atoms with Gasteiger partial charge < -0.3 is 15.5 Å². The number of rotatable bonds is 5. The molecule has 1 saturated heterocycles. The molecule has 160 valence electrons. The SMILES string of the molecule is CN=C(NCC1(c2cccc(F)c2)CCCCC1)NC1CCN(C(=O)C(C)C)C1. The normalized spacial score (nSPS) is 22.0. The summed E-state index contributed by atoms with van der Waals surface area (Å²) < 4.78 is 13.9. The lowest BCUT2D eigenvalue weighted by atomic mass is 9.69. The number of carbonyl (C=O) groups is 1. The highest BCUT2D eigenvalue weighted by atomic mass is 19.1. The van der Waals surface area contributed by atoms with E-state index in [4.69, 9.17) is 0 Å². The van der Waals surface area contributed by atoms with Crippen LogP contribution in [0.3, 0.4) is 0 Å². The highest BCUT2D eigenvalue weighted by molar-refractivity contribution is 5.81. The number of halogens is 1. The first-order chi connectivity index (χ1) is 13.9. The Hall–Kier alpha value is -2.11. The number of hydrogen-bond donors (Lipinski definition) is 2. The first-order valence-electron chi connectivity index (χ1n) is 11.0. The Bertz CT molecular complexity index is 727. The van der Waals surface area contributed by atoms with Gasteiger partial charge in [0.05, 0.1) is 0 Å². The van der Waals surface area contributed by atoms with Crippen molar-refractivity contribution in [3.05, 3.63) is 35.6 Å². The lowest BCUT2D eigenvalue weighted by Crippen LogP contribution is -2.50. The number of likely N-dealkylation sites (tertiary alicyclic amines) is 1. The molecule has 6 heteroatoms. The predicted molar refractivity (Wildman–Crippen MR) is 115 cm³/mol. The molecular formula is C23H35FN4O. The van der Waals surface area contributed by atoms with Crippen molar-refractivity contribution in [1.82, 2.24) is 15.5 Å². The van der Waals surface area contributed by atoms with Crippen LogP contribution in [-0.4, -0.2) is 49.5 Å². The molecule has 1 aliphatic heterocycles. The maximum Gasteiger partial charge on any atom is 0.225 e. The average Bonchev–Trinajstić information content (AvgIpc) is 3.19. The van der Waals surface area contributed by atoms with E-state index < -0.39 is 0 Å². The van der Waals surface area contributed by atoms with Crippen LogP contribution < -0.4 is 10.6 Å². The van der Waals surface area contributed by atoms with E-state index >= 15 is 0 Å². The molecule has 1 aromatic carbocycles. The number of guanidine groups is 1. The Morgan fingerprint density at radius 1 is 1.31 bits per heavy atom. The molecule has 2 N–H and O–H groups in total. The molecule has 5 nitrogen and oxygen atoms in total. The molecule has 29 heavy (non-hydrogen) atoms. The first-order valence-corrected chi connectivity index (χ1v) is 11.0. The van der Waals surface area contributed by atoms with Gasteiger partial charge in [-0.05, 0) is 37.0 Å². The van der Waals surface area contributed by atoms with Crippen LogP contribution in [0, 0.1) is 11.7 Å². The van der Waals surface area contributed by atoms with Gasteiger partial charge in [0.1, 0.15) is 5.82 Å². The number of hydrogen-bond acceptors (Lipinski definition) is 2. The van der Waals surface area contributed by atoms with Gasteiger partial charge in [-0.3, -0.25) is 9.79 Å². The summed E-state index contributed by atoms with van der Waals surface area (Å²) in [4.78, 5) is 18.6. The van der Waals surface area contributed by atoms with Crippen molar-refractivity contribution >= 4 is 11.9 Å². The maximum absolute atomic E-state index is 13.9. The van der Waals surface area contributed by atoms with Crippen LogP contribution >= 0.6 is 0 Å². The van der Waals surface area contributed by atoms with Gasteiger partial charge in [-0.25, -0.2) is 4.39 Å². The fraction of sp³-hybridized carbons (Fsp3) is 0.652. The van der Waals surface area contributed by atoms with Gasteiger partial charge in [0, 0.05) is 44.1 Å². The summed E-state index contributed by atoms with van der Waals surface area (Å²) in [6.07, 6.45) is 6.61. The quantitative estimate of drug-likeness (QED) is 0.586. The molecule has 1 saturated carbocycles. The van der Waals surface area contributed by atoms with Crippen LogP contribution in [0.4, 0.5) is 4.39 Å². The van der Waals surface area contributed by atoms with Gasteiger partial charge in [-0.1, -0.05) is 45.2 Å². The zero-order valence-corrected chi connectivity index (χ0v) is 18.0. The Morgan fingerprint density at radius 3 is 2.72 bits per heavy atom. The molecule has 0 aromatic heterocycles. The van der Waals surface area contributed by atoms with E-state index in [0.717, 1.165) is 43.9 Å². The summed E-state index contributed by atoms with van der Waals surface area (Å²) in [5, 5.41) is 6.98. The number of nitrogens with zero attached hydrogens (tertiary/aromatic N) is 2. The largest absolute Gasteiger partial charge is 0.356 e. The fourth-order valence-corrected chi connectivity index (χ4v) is 4.70. The molecule has 1 aromatic rings. The summed E-state index contributed by atoms with van der Waals surface area (Å²) >= 11 is 0. The van der Waals surface area contributed by atoms with Crippen LogP contribution in [0.15, 0.2) is 29.3 Å². The highest BCUT2D eigenvalue weighted by Crippen LogP contribution is 2.39. The highest BCUT2D eigenvalue weighted by Gasteiger charge is 2.35. The smallest absolute Gasteiger partial charge is 0.225 e. The molecule has 1 atom stereocenters. The van der Waals surface area contributed by atoms with E-state index in [9.17, 15) is 9.18 Å². The molecule has 0 bridgehead atoms. The van der Waals surface area contributed by atoms with Gasteiger partial charge in [-0.15, -0.1) is 0 Å². The molecule has 0 radical (unpaired) electrons. The van der Waals surface area contributed by atoms with Crippen molar-refractivity contribution in [1.29, 1.82) is 0 Å². The van der Waals surface area contributed by atoms with Gasteiger partial charge in [-0.2, -0.15) is 0 Å². The molecule has 1 unspecified atom stereocenters. The summed E-state index contributed by atoms with van der Waals surface area (Å²) in [7, 11) is 1.77. The van der Waals surface area contributed by atoms with E-state index in [2.05, 4.69) is 21.7 Å². The topological polar surface area (TPSA) is 56.7 Å². The van der Waals surface area contributed by atoms with Crippen molar-refractivity contribution in [3.63, 3.8) is 0 Å². The van der Waals surface area contributed by atoms with Crippen molar-refractivity contribution in [2.24, 2.45) is 10.9 Å². The molecule has 1 amide bonds. The van der Waals surface area contributed by atoms with Crippen LogP contribution in [0.2, 0.25) is 0 Å². The number of aliphatic imine (C=N–C) groups is 1. The Morgan fingerprint density at radius 2 is 2.07 bits per heavy atom. The second kappa shape index (κ2) is 9.59. The van der Waals surface area contributed by atoms with Crippen molar-refractivity contribution in [2.75, 3.05) is 26.7 Å². The molecule has 1 heterocycles. The molecule has 0 spiro atoms. The van der Waals surface area contributed by atoms with E-state index in [1.165, 1.54) is 25.3 Å². The van der Waals surface area contributed by atoms with E-state index in [1.54, 1.807) is 13.1 Å². The summed E-state index contributed by atoms with van der Waals surface area (Å²) in [6, 6.07) is 7.28. The summed E-state index contributed by atoms with van der Waals surface area (Å²) in [6.45, 7) is 6.13. The lowest BCUT2D eigenvalue weighted by Gasteiger charge is -2.38. The fourth-order valence-electron chi connectivity index (χ4n) is 4.70. The second-order valence-electron chi connectivity index (χ2n) is 8.85. The minimum absolute atomic E-state index is 0.0311. The van der Waals surface area contributed by atoms with Gasteiger partial charge in [0.25, 0.3) is 0 Å². The lowest BCUT2D eigenvalue weighted by molar-refractivity contribution is -0.133. The maximum atomic E-state index is 13.9. The monoisotopic (exact) mass is 402 g/mol. The predicted octanol–water partition coefficient (Wildman–Crippen LogP) is 3.45. The van der Waals surface area contributed by atoms with E-state index in [1.807, 2.05) is 24.8 Å². The number of nitrogens with one attached hydrogen (secondary N) is 2. The van der Waals surface area contributed by atoms with E-state index in [0.29, 0.717) is 6.54 Å². The Kier molecular flexibility index (Phi) is 7.14. The summed E-state index contributed by atoms with van der Waals surface area (Å²) in [5.41, 5.74) is 1.02. The Balaban J connectivity index is 1.62. The molecule has 1 aliphatic carbocycles. The third kappa shape index (κ3) is 5.28. The minimum Gasteiger partial charge on any atom is -0.356 e. The zero-order valence-electron chi connectivity index (χ0n) is 18.0. The number of carbonyl (C=O) groups excluding carboxylic acids is 1. The third-order valence-electron chi connectivity index (χ3n) is 6.40. The molecule has 3 rings (SSSR count). The zero-order chi connectivity index (χ0) is 20.9. The van der Waals surface area contributed by atoms with Crippen LogP contribution in [0.1, 0.15) is 57.9 Å². The second-order valence-corrected chi connectivity index (χ2v) is 8.85. The molecule has 2 aliphatic rings. The molecule has 2 fully saturated rings. The summed E-state index contributed by atoms with van der Waals surface area (Å²) in [5.74, 6) is 0.833. The van der Waals surface area contributed by atoms with Crippen LogP contribution in [0.25, 0.3) is 0 Å². The van der Waals surface area contributed by atoms with Crippen molar-refractivity contribution in [3.8, 4) is 0 Å². The van der Waals surface area contributed by atoms with Gasteiger partial charge in [0.15, 0.2) is 5.96 Å². The van der Waals surface area contributed by atoms with Gasteiger partial charge in [0.2, 0.25) is 5.91 Å².